The number of rotatable bonds is 2. The summed E-state index contributed by atoms with van der Waals surface area (Å²) in [5, 5.41) is 8.92. The standard InChI is InChI=1S/C10H8N2O2/c13-10(14)8-4-2-1-3-7(8)9-11-5-6-12-9/h1-6H,(H,11,12)(H,13,14). The molecular formula is C10H8N2O2. The van der Waals surface area contributed by atoms with Crippen LogP contribution in [-0.4, -0.2) is 21.0 Å². The summed E-state index contributed by atoms with van der Waals surface area (Å²) in [5.74, 6) is -0.375. The molecule has 0 saturated carbocycles. The van der Waals surface area contributed by atoms with Crippen LogP contribution in [0.5, 0.6) is 0 Å². The molecule has 0 unspecified atom stereocenters. The Morgan fingerprint density at radius 1 is 1.36 bits per heavy atom. The van der Waals surface area contributed by atoms with E-state index in [1.54, 1.807) is 36.7 Å². The number of aromatic amines is 1. The first-order chi connectivity index (χ1) is 6.79. The number of carboxylic acid groups (broad SMARTS) is 1. The number of H-pyrrole nitrogens is 1. The summed E-state index contributed by atoms with van der Waals surface area (Å²) in [5.41, 5.74) is 0.854. The molecule has 0 spiro atoms. The number of aromatic carboxylic acids is 1. The Morgan fingerprint density at radius 2 is 2.14 bits per heavy atom. The van der Waals surface area contributed by atoms with Crippen molar-refractivity contribution in [1.29, 1.82) is 0 Å². The molecule has 1 aromatic heterocycles. The van der Waals surface area contributed by atoms with Crippen LogP contribution < -0.4 is 0 Å². The van der Waals surface area contributed by atoms with Crippen LogP contribution in [-0.2, 0) is 0 Å². The van der Waals surface area contributed by atoms with Crippen molar-refractivity contribution < 1.29 is 9.90 Å². The fourth-order valence-corrected chi connectivity index (χ4v) is 1.29. The molecule has 1 heterocycles. The van der Waals surface area contributed by atoms with Crippen molar-refractivity contribution in [1.82, 2.24) is 9.97 Å². The van der Waals surface area contributed by atoms with Crippen LogP contribution >= 0.6 is 0 Å². The van der Waals surface area contributed by atoms with Crippen LogP contribution in [0.2, 0.25) is 0 Å². The number of carbonyl (C=O) groups is 1. The van der Waals surface area contributed by atoms with E-state index in [9.17, 15) is 4.79 Å². The number of aromatic nitrogens is 2. The van der Waals surface area contributed by atoms with Crippen molar-refractivity contribution in [3.8, 4) is 11.4 Å². The van der Waals surface area contributed by atoms with Crippen molar-refractivity contribution in [3.63, 3.8) is 0 Å². The van der Waals surface area contributed by atoms with Gasteiger partial charge in [0.1, 0.15) is 5.82 Å². The van der Waals surface area contributed by atoms with Gasteiger partial charge in [-0.25, -0.2) is 9.78 Å². The Balaban J connectivity index is 2.58. The van der Waals surface area contributed by atoms with Gasteiger partial charge < -0.3 is 10.1 Å². The lowest BCUT2D eigenvalue weighted by Gasteiger charge is -2.01. The van der Waals surface area contributed by atoms with Crippen molar-refractivity contribution >= 4 is 5.97 Å². The largest absolute Gasteiger partial charge is 0.478 e. The summed E-state index contributed by atoms with van der Waals surface area (Å²) < 4.78 is 0. The molecule has 0 atom stereocenters. The Bertz CT molecular complexity index is 449. The molecule has 0 fully saturated rings. The molecule has 0 bridgehead atoms. The number of hydrogen-bond donors (Lipinski definition) is 2. The zero-order valence-corrected chi connectivity index (χ0v) is 7.27. The lowest BCUT2D eigenvalue weighted by atomic mass is 10.1. The van der Waals surface area contributed by atoms with E-state index in [2.05, 4.69) is 9.97 Å². The van der Waals surface area contributed by atoms with Gasteiger partial charge in [-0.05, 0) is 6.07 Å². The summed E-state index contributed by atoms with van der Waals surface area (Å²) in [6.45, 7) is 0. The molecule has 2 rings (SSSR count). The van der Waals surface area contributed by atoms with E-state index < -0.39 is 5.97 Å². The molecule has 0 aliphatic rings. The third-order valence-electron chi connectivity index (χ3n) is 1.91. The molecule has 1 aromatic carbocycles. The van der Waals surface area contributed by atoms with Gasteiger partial charge in [0.25, 0.3) is 0 Å². The Labute approximate surface area is 80.2 Å². The topological polar surface area (TPSA) is 66.0 Å². The van der Waals surface area contributed by atoms with E-state index in [1.807, 2.05) is 0 Å². The van der Waals surface area contributed by atoms with Crippen molar-refractivity contribution in [2.45, 2.75) is 0 Å². The Morgan fingerprint density at radius 3 is 2.79 bits per heavy atom. The summed E-state index contributed by atoms with van der Waals surface area (Å²) in [6, 6.07) is 6.75. The molecule has 0 saturated heterocycles. The maximum atomic E-state index is 10.9. The van der Waals surface area contributed by atoms with Gasteiger partial charge in [0.2, 0.25) is 0 Å². The average Bonchev–Trinajstić information content (AvgIpc) is 2.70. The highest BCUT2D eigenvalue weighted by atomic mass is 16.4. The Hall–Kier alpha value is -2.10. The maximum absolute atomic E-state index is 10.9. The van der Waals surface area contributed by atoms with E-state index in [0.717, 1.165) is 0 Å². The first-order valence-corrected chi connectivity index (χ1v) is 4.11. The molecule has 14 heavy (non-hydrogen) atoms. The first kappa shape index (κ1) is 8.50. The molecule has 0 aliphatic carbocycles. The number of nitrogens with zero attached hydrogens (tertiary/aromatic N) is 1. The van der Waals surface area contributed by atoms with Crippen molar-refractivity contribution in [3.05, 3.63) is 42.2 Å². The van der Waals surface area contributed by atoms with Gasteiger partial charge in [0, 0.05) is 18.0 Å². The van der Waals surface area contributed by atoms with Crippen LogP contribution in [0.1, 0.15) is 10.4 Å². The SMILES string of the molecule is O=C(O)c1ccccc1-c1ncc[nH]1. The summed E-state index contributed by atoms with van der Waals surface area (Å²) in [7, 11) is 0. The first-order valence-electron chi connectivity index (χ1n) is 4.11. The molecule has 0 aliphatic heterocycles. The van der Waals surface area contributed by atoms with Gasteiger partial charge >= 0.3 is 5.97 Å². The lowest BCUT2D eigenvalue weighted by Crippen LogP contribution is -1.99. The van der Waals surface area contributed by atoms with Gasteiger partial charge in [-0.2, -0.15) is 0 Å². The van der Waals surface area contributed by atoms with Gasteiger partial charge in [0.15, 0.2) is 0 Å². The fraction of sp³-hybridized carbons (Fsp3) is 0. The number of benzene rings is 1. The van der Waals surface area contributed by atoms with Crippen LogP contribution in [0.15, 0.2) is 36.7 Å². The second-order valence-electron chi connectivity index (χ2n) is 2.79. The minimum Gasteiger partial charge on any atom is -0.478 e. The molecule has 4 heteroatoms. The summed E-state index contributed by atoms with van der Waals surface area (Å²) in [6.07, 6.45) is 3.25. The van der Waals surface area contributed by atoms with Crippen LogP contribution in [0.4, 0.5) is 0 Å². The minimum atomic E-state index is -0.947. The zero-order valence-electron chi connectivity index (χ0n) is 7.27. The normalized spacial score (nSPS) is 10.0. The predicted octanol–water partition coefficient (Wildman–Crippen LogP) is 1.77. The molecular weight excluding hydrogens is 180 g/mol. The number of nitrogens with one attached hydrogen (secondary N) is 1. The molecule has 2 aromatic rings. The predicted molar refractivity (Wildman–Crippen MR) is 51.0 cm³/mol. The van der Waals surface area contributed by atoms with Gasteiger partial charge in [-0.3, -0.25) is 0 Å². The van der Waals surface area contributed by atoms with E-state index in [1.165, 1.54) is 0 Å². The van der Waals surface area contributed by atoms with Crippen LogP contribution in [0.25, 0.3) is 11.4 Å². The maximum Gasteiger partial charge on any atom is 0.336 e. The monoisotopic (exact) mass is 188 g/mol. The summed E-state index contributed by atoms with van der Waals surface area (Å²) >= 11 is 0. The van der Waals surface area contributed by atoms with Gasteiger partial charge in [-0.1, -0.05) is 18.2 Å². The number of carboxylic acids is 1. The molecule has 70 valence electrons. The van der Waals surface area contributed by atoms with E-state index in [4.69, 9.17) is 5.11 Å². The van der Waals surface area contributed by atoms with Crippen molar-refractivity contribution in [2.24, 2.45) is 0 Å². The number of hydrogen-bond acceptors (Lipinski definition) is 2. The molecule has 0 radical (unpaired) electrons. The second kappa shape index (κ2) is 3.33. The molecule has 4 nitrogen and oxygen atoms in total. The van der Waals surface area contributed by atoms with E-state index in [0.29, 0.717) is 11.4 Å². The smallest absolute Gasteiger partial charge is 0.336 e. The van der Waals surface area contributed by atoms with Crippen molar-refractivity contribution in [2.75, 3.05) is 0 Å². The third-order valence-corrected chi connectivity index (χ3v) is 1.91. The average molecular weight is 188 g/mol. The molecule has 2 N–H and O–H groups in total. The highest BCUT2D eigenvalue weighted by Gasteiger charge is 2.11. The van der Waals surface area contributed by atoms with Crippen LogP contribution in [0, 0.1) is 0 Å². The van der Waals surface area contributed by atoms with E-state index in [-0.39, 0.29) is 5.56 Å². The third kappa shape index (κ3) is 1.37. The van der Waals surface area contributed by atoms with E-state index >= 15 is 0 Å². The fourth-order valence-electron chi connectivity index (χ4n) is 1.29. The Kier molecular flexibility index (Phi) is 2.02. The highest BCUT2D eigenvalue weighted by molar-refractivity contribution is 5.94. The van der Waals surface area contributed by atoms with Crippen LogP contribution in [0.3, 0.4) is 0 Å². The highest BCUT2D eigenvalue weighted by Crippen LogP contribution is 2.19. The minimum absolute atomic E-state index is 0.252. The lowest BCUT2D eigenvalue weighted by molar-refractivity contribution is 0.0697. The zero-order chi connectivity index (χ0) is 9.97. The summed E-state index contributed by atoms with van der Waals surface area (Å²) in [4.78, 5) is 17.8. The quantitative estimate of drug-likeness (QED) is 0.754. The number of imidazole rings is 1. The van der Waals surface area contributed by atoms with Gasteiger partial charge in [0.05, 0.1) is 5.56 Å². The van der Waals surface area contributed by atoms with Gasteiger partial charge in [-0.15, -0.1) is 0 Å². The molecule has 0 amide bonds. The second-order valence-corrected chi connectivity index (χ2v) is 2.79.